The standard InChI is InChI=1S/C6H9Cl3N2O/c1-10-2-4(7)11(6(9)12)5(8)3-10/h4-5H,2-3H2,1H3. The minimum absolute atomic E-state index is 0.434. The first-order chi connectivity index (χ1) is 5.52. The summed E-state index contributed by atoms with van der Waals surface area (Å²) in [6.45, 7) is 1.17. The van der Waals surface area contributed by atoms with Crippen molar-refractivity contribution in [3.8, 4) is 0 Å². The number of hydrogen-bond acceptors (Lipinski definition) is 2. The average Bonchev–Trinajstić information content (AvgIpc) is 1.82. The Bertz CT molecular complexity index is 178. The number of carbonyl (C=O) groups is 1. The van der Waals surface area contributed by atoms with Crippen LogP contribution in [0.3, 0.4) is 0 Å². The van der Waals surface area contributed by atoms with E-state index in [-0.39, 0.29) is 0 Å². The van der Waals surface area contributed by atoms with Gasteiger partial charge in [-0.05, 0) is 18.6 Å². The summed E-state index contributed by atoms with van der Waals surface area (Å²) in [5, 5.41) is -0.594. The minimum atomic E-state index is -0.594. The zero-order valence-corrected chi connectivity index (χ0v) is 8.77. The van der Waals surface area contributed by atoms with Gasteiger partial charge in [0.1, 0.15) is 11.0 Å². The largest absolute Gasteiger partial charge is 0.318 e. The fourth-order valence-corrected chi connectivity index (χ4v) is 2.47. The van der Waals surface area contributed by atoms with Crippen LogP contribution in [0, 0.1) is 0 Å². The van der Waals surface area contributed by atoms with Crippen molar-refractivity contribution in [2.24, 2.45) is 0 Å². The van der Waals surface area contributed by atoms with Gasteiger partial charge in [0.15, 0.2) is 0 Å². The molecule has 1 saturated heterocycles. The van der Waals surface area contributed by atoms with E-state index in [0.717, 1.165) is 0 Å². The highest BCUT2D eigenvalue weighted by molar-refractivity contribution is 6.63. The van der Waals surface area contributed by atoms with Crippen molar-refractivity contribution in [1.29, 1.82) is 0 Å². The zero-order valence-electron chi connectivity index (χ0n) is 6.51. The van der Waals surface area contributed by atoms with Crippen molar-refractivity contribution in [2.45, 2.75) is 11.0 Å². The van der Waals surface area contributed by atoms with Crippen molar-refractivity contribution in [3.05, 3.63) is 0 Å². The molecule has 1 aliphatic rings. The summed E-state index contributed by atoms with van der Waals surface area (Å²) < 4.78 is 0. The Morgan fingerprint density at radius 2 is 1.75 bits per heavy atom. The van der Waals surface area contributed by atoms with E-state index in [9.17, 15) is 4.79 Å². The number of piperazine rings is 1. The molecular weight excluding hydrogens is 222 g/mol. The monoisotopic (exact) mass is 230 g/mol. The highest BCUT2D eigenvalue weighted by atomic mass is 35.5. The van der Waals surface area contributed by atoms with Gasteiger partial charge in [-0.1, -0.05) is 23.2 Å². The molecule has 1 rings (SSSR count). The number of hydrogen-bond donors (Lipinski definition) is 0. The Hall–Kier alpha value is 0.300. The van der Waals surface area contributed by atoms with Crippen molar-refractivity contribution in [2.75, 3.05) is 20.1 Å². The van der Waals surface area contributed by atoms with Crippen molar-refractivity contribution in [1.82, 2.24) is 9.80 Å². The molecule has 1 fully saturated rings. The second kappa shape index (κ2) is 4.01. The van der Waals surface area contributed by atoms with Crippen LogP contribution in [0.2, 0.25) is 0 Å². The lowest BCUT2D eigenvalue weighted by Gasteiger charge is -2.38. The van der Waals surface area contributed by atoms with Gasteiger partial charge < -0.3 is 0 Å². The van der Waals surface area contributed by atoms with E-state index in [4.69, 9.17) is 34.8 Å². The van der Waals surface area contributed by atoms with Crippen molar-refractivity contribution >= 4 is 40.2 Å². The summed E-state index contributed by atoms with van der Waals surface area (Å²) >= 11 is 17.0. The number of rotatable bonds is 0. The van der Waals surface area contributed by atoms with Gasteiger partial charge in [0, 0.05) is 13.1 Å². The van der Waals surface area contributed by atoms with Gasteiger partial charge in [-0.25, -0.2) is 0 Å². The number of amides is 1. The third kappa shape index (κ3) is 2.16. The smallest absolute Gasteiger partial charge is 0.300 e. The predicted octanol–water partition coefficient (Wildman–Crippen LogP) is 1.72. The van der Waals surface area contributed by atoms with Crippen LogP contribution in [0.4, 0.5) is 4.79 Å². The molecule has 0 aromatic carbocycles. The fraction of sp³-hybridized carbons (Fsp3) is 0.833. The van der Waals surface area contributed by atoms with Crippen molar-refractivity contribution < 1.29 is 4.79 Å². The molecule has 1 amide bonds. The molecule has 1 heterocycles. The maximum absolute atomic E-state index is 10.8. The van der Waals surface area contributed by atoms with Crippen LogP contribution < -0.4 is 0 Å². The normalized spacial score (nSPS) is 32.2. The van der Waals surface area contributed by atoms with E-state index >= 15 is 0 Å². The van der Waals surface area contributed by atoms with Gasteiger partial charge in [0.05, 0.1) is 0 Å². The molecule has 1 aliphatic heterocycles. The Kier molecular flexibility index (Phi) is 3.47. The molecule has 2 atom stereocenters. The van der Waals surface area contributed by atoms with Gasteiger partial charge in [-0.15, -0.1) is 0 Å². The highest BCUT2D eigenvalue weighted by Gasteiger charge is 2.33. The molecule has 70 valence electrons. The summed E-state index contributed by atoms with van der Waals surface area (Å²) in [6.07, 6.45) is 0. The Morgan fingerprint density at radius 3 is 2.08 bits per heavy atom. The summed E-state index contributed by atoms with van der Waals surface area (Å²) in [4.78, 5) is 14.0. The van der Waals surface area contributed by atoms with Gasteiger partial charge in [0.25, 0.3) is 0 Å². The van der Waals surface area contributed by atoms with E-state index in [1.54, 1.807) is 0 Å². The number of nitrogens with zero attached hydrogens (tertiary/aromatic N) is 2. The number of alkyl halides is 2. The van der Waals surface area contributed by atoms with Crippen LogP contribution in [0.1, 0.15) is 0 Å². The van der Waals surface area contributed by atoms with E-state index in [1.807, 2.05) is 11.9 Å². The summed E-state index contributed by atoms with van der Waals surface area (Å²) in [6, 6.07) is 0. The van der Waals surface area contributed by atoms with Gasteiger partial charge in [-0.3, -0.25) is 14.6 Å². The first-order valence-corrected chi connectivity index (χ1v) is 4.72. The first-order valence-electron chi connectivity index (χ1n) is 3.47. The minimum Gasteiger partial charge on any atom is -0.300 e. The lowest BCUT2D eigenvalue weighted by Crippen LogP contribution is -2.54. The third-order valence-electron chi connectivity index (χ3n) is 1.73. The molecule has 0 aromatic heterocycles. The molecule has 3 nitrogen and oxygen atoms in total. The van der Waals surface area contributed by atoms with E-state index in [1.165, 1.54) is 4.90 Å². The Labute approximate surface area is 86.1 Å². The van der Waals surface area contributed by atoms with Crippen LogP contribution in [-0.4, -0.2) is 46.3 Å². The maximum Gasteiger partial charge on any atom is 0.318 e. The molecule has 12 heavy (non-hydrogen) atoms. The van der Waals surface area contributed by atoms with Crippen LogP contribution in [-0.2, 0) is 0 Å². The molecule has 0 N–H and O–H groups in total. The van der Waals surface area contributed by atoms with Crippen LogP contribution in [0.5, 0.6) is 0 Å². The van der Waals surface area contributed by atoms with Gasteiger partial charge >= 0.3 is 5.37 Å². The Morgan fingerprint density at radius 1 is 1.33 bits per heavy atom. The van der Waals surface area contributed by atoms with E-state index in [2.05, 4.69) is 0 Å². The molecule has 0 aliphatic carbocycles. The molecule has 6 heteroatoms. The van der Waals surface area contributed by atoms with Crippen LogP contribution in [0.25, 0.3) is 0 Å². The first kappa shape index (κ1) is 10.4. The topological polar surface area (TPSA) is 23.6 Å². The zero-order chi connectivity index (χ0) is 9.30. The summed E-state index contributed by atoms with van der Waals surface area (Å²) in [7, 11) is 1.89. The molecular formula is C6H9Cl3N2O. The Balaban J connectivity index is 2.66. The molecule has 0 spiro atoms. The molecule has 0 aromatic rings. The average molecular weight is 232 g/mol. The van der Waals surface area contributed by atoms with Gasteiger partial charge in [0.2, 0.25) is 0 Å². The summed E-state index contributed by atoms with van der Waals surface area (Å²) in [5.74, 6) is 0. The lowest BCUT2D eigenvalue weighted by molar-refractivity contribution is 0.140. The number of halogens is 3. The van der Waals surface area contributed by atoms with E-state index < -0.39 is 16.4 Å². The number of carbonyl (C=O) groups excluding carboxylic acids is 1. The quantitative estimate of drug-likeness (QED) is 0.360. The summed E-state index contributed by atoms with van der Waals surface area (Å²) in [5.41, 5.74) is -0.868. The molecule has 2 unspecified atom stereocenters. The fourth-order valence-electron chi connectivity index (χ4n) is 1.16. The van der Waals surface area contributed by atoms with Crippen LogP contribution >= 0.6 is 34.8 Å². The molecule has 0 bridgehead atoms. The second-order valence-electron chi connectivity index (χ2n) is 2.75. The molecule has 0 radical (unpaired) electrons. The highest BCUT2D eigenvalue weighted by Crippen LogP contribution is 2.21. The van der Waals surface area contributed by atoms with Gasteiger partial charge in [-0.2, -0.15) is 0 Å². The predicted molar refractivity (Wildman–Crippen MR) is 49.9 cm³/mol. The lowest BCUT2D eigenvalue weighted by atomic mass is 10.3. The second-order valence-corrected chi connectivity index (χ2v) is 4.08. The van der Waals surface area contributed by atoms with Crippen molar-refractivity contribution in [3.63, 3.8) is 0 Å². The maximum atomic E-state index is 10.8. The van der Waals surface area contributed by atoms with E-state index in [0.29, 0.717) is 13.1 Å². The third-order valence-corrected chi connectivity index (χ3v) is 2.62. The van der Waals surface area contributed by atoms with Crippen LogP contribution in [0.15, 0.2) is 0 Å². The molecule has 0 saturated carbocycles. The number of likely N-dealkylation sites (N-methyl/N-ethyl adjacent to an activating group) is 1. The SMILES string of the molecule is CN1CC(Cl)N(C(=O)Cl)C(Cl)C1.